The van der Waals surface area contributed by atoms with Crippen LogP contribution in [0, 0.1) is 0 Å². The lowest BCUT2D eigenvalue weighted by atomic mass is 10.1. The summed E-state index contributed by atoms with van der Waals surface area (Å²) in [6.45, 7) is 0.921. The minimum atomic E-state index is -4.10. The Kier molecular flexibility index (Phi) is 12.0. The summed E-state index contributed by atoms with van der Waals surface area (Å²) in [5, 5.41) is 13.6. The van der Waals surface area contributed by atoms with E-state index in [1.54, 1.807) is 6.07 Å². The van der Waals surface area contributed by atoms with E-state index in [1.165, 1.54) is 0 Å². The summed E-state index contributed by atoms with van der Waals surface area (Å²) in [5.41, 5.74) is 4.66. The first kappa shape index (κ1) is 32.2. The number of rotatable bonds is 17. The molecule has 0 aliphatic heterocycles. The third kappa shape index (κ3) is 10.7. The first-order chi connectivity index (χ1) is 22.0. The van der Waals surface area contributed by atoms with E-state index in [0.717, 1.165) is 27.8 Å². The van der Waals surface area contributed by atoms with Crippen molar-refractivity contribution in [3.8, 4) is 11.5 Å². The van der Waals surface area contributed by atoms with E-state index in [-0.39, 0.29) is 25.6 Å². The average molecular weight is 624 g/mol. The van der Waals surface area contributed by atoms with Gasteiger partial charge in [0.1, 0.15) is 12.8 Å². The number of phosphoric ester groups is 1. The second-order valence-electron chi connectivity index (χ2n) is 10.5. The summed E-state index contributed by atoms with van der Waals surface area (Å²) in [5.74, 6) is 0.657. The van der Waals surface area contributed by atoms with Crippen molar-refractivity contribution >= 4 is 7.82 Å². The van der Waals surface area contributed by atoms with Crippen LogP contribution in [0.3, 0.4) is 0 Å². The Morgan fingerprint density at radius 2 is 1.07 bits per heavy atom. The quantitative estimate of drug-likeness (QED) is 0.0805. The number of aliphatic hydroxyl groups excluding tert-OH is 1. The van der Waals surface area contributed by atoms with Gasteiger partial charge in [0.05, 0.1) is 13.2 Å². The summed E-state index contributed by atoms with van der Waals surface area (Å²) in [4.78, 5) is 0. The molecule has 1 atom stereocenters. The van der Waals surface area contributed by atoms with Crippen molar-refractivity contribution in [1.29, 1.82) is 0 Å². The van der Waals surface area contributed by atoms with Crippen molar-refractivity contribution < 1.29 is 28.0 Å². The van der Waals surface area contributed by atoms with Crippen molar-refractivity contribution in [2.24, 2.45) is 0 Å². The normalized spacial score (nSPS) is 12.0. The molecule has 0 fully saturated rings. The van der Waals surface area contributed by atoms with Crippen LogP contribution in [0.2, 0.25) is 0 Å². The van der Waals surface area contributed by atoms with Crippen molar-refractivity contribution in [2.45, 2.75) is 38.9 Å². The first-order valence-corrected chi connectivity index (χ1v) is 16.4. The summed E-state index contributed by atoms with van der Waals surface area (Å²) < 4.78 is 38.0. The highest BCUT2D eigenvalue weighted by atomic mass is 31.2. The summed E-state index contributed by atoms with van der Waals surface area (Å²) >= 11 is 0. The van der Waals surface area contributed by atoms with Gasteiger partial charge in [0.25, 0.3) is 0 Å². The largest absolute Gasteiger partial charge is 0.530 e. The number of ether oxygens (including phenoxy) is 1. The standard InChI is InChI=1S/C37H38NO6P/c39-37(26-30-13-5-1-6-14-30)38-24-23-31-21-22-35(36(25-31)41-27-32-15-7-2-8-16-32)44-45(40,42-28-33-17-9-3-10-18-33)43-29-34-19-11-4-12-20-34/h1-22,25,37-39H,23-24,26-29H2. The van der Waals surface area contributed by atoms with Crippen molar-refractivity contribution in [3.63, 3.8) is 0 Å². The first-order valence-electron chi connectivity index (χ1n) is 15.0. The molecule has 0 aliphatic carbocycles. The Bertz CT molecular complexity index is 1570. The zero-order valence-corrected chi connectivity index (χ0v) is 25.9. The van der Waals surface area contributed by atoms with Crippen molar-refractivity contribution in [1.82, 2.24) is 5.32 Å². The lowest BCUT2D eigenvalue weighted by Gasteiger charge is -2.21. The van der Waals surface area contributed by atoms with E-state index < -0.39 is 14.1 Å². The van der Waals surface area contributed by atoms with E-state index in [0.29, 0.717) is 25.1 Å². The zero-order valence-electron chi connectivity index (χ0n) is 25.0. The molecular formula is C37H38NO6P. The number of phosphoric acid groups is 1. The molecule has 0 aromatic heterocycles. The van der Waals surface area contributed by atoms with E-state index in [4.69, 9.17) is 18.3 Å². The molecule has 0 saturated heterocycles. The second kappa shape index (κ2) is 16.7. The fourth-order valence-electron chi connectivity index (χ4n) is 4.59. The van der Waals surface area contributed by atoms with Gasteiger partial charge >= 0.3 is 7.82 Å². The highest BCUT2D eigenvalue weighted by Crippen LogP contribution is 2.53. The fourth-order valence-corrected chi connectivity index (χ4v) is 5.78. The van der Waals surface area contributed by atoms with Crippen LogP contribution < -0.4 is 14.6 Å². The van der Waals surface area contributed by atoms with Gasteiger partial charge in [0.15, 0.2) is 11.5 Å². The summed E-state index contributed by atoms with van der Waals surface area (Å²) in [7, 11) is -4.10. The summed E-state index contributed by atoms with van der Waals surface area (Å²) in [6.07, 6.45) is 0.471. The maximum atomic E-state index is 14.1. The van der Waals surface area contributed by atoms with Crippen LogP contribution in [-0.4, -0.2) is 17.9 Å². The highest BCUT2D eigenvalue weighted by molar-refractivity contribution is 7.48. The van der Waals surface area contributed by atoms with Crippen LogP contribution in [0.5, 0.6) is 11.5 Å². The highest BCUT2D eigenvalue weighted by Gasteiger charge is 2.31. The lowest BCUT2D eigenvalue weighted by Crippen LogP contribution is -2.32. The average Bonchev–Trinajstić information content (AvgIpc) is 3.08. The number of hydrogen-bond donors (Lipinski definition) is 2. The van der Waals surface area contributed by atoms with Gasteiger partial charge in [-0.2, -0.15) is 0 Å². The van der Waals surface area contributed by atoms with Gasteiger partial charge in [-0.15, -0.1) is 0 Å². The maximum Gasteiger partial charge on any atom is 0.530 e. The molecular weight excluding hydrogens is 585 g/mol. The van der Waals surface area contributed by atoms with Gasteiger partial charge in [0, 0.05) is 13.0 Å². The number of benzene rings is 5. The van der Waals surface area contributed by atoms with Crippen LogP contribution >= 0.6 is 7.82 Å². The predicted octanol–water partition coefficient (Wildman–Crippen LogP) is 7.88. The molecule has 7 nitrogen and oxygen atoms in total. The van der Waals surface area contributed by atoms with E-state index in [9.17, 15) is 9.67 Å². The van der Waals surface area contributed by atoms with Crippen molar-refractivity contribution in [2.75, 3.05) is 6.54 Å². The molecule has 5 aromatic rings. The Labute approximate surface area is 265 Å². The second-order valence-corrected chi connectivity index (χ2v) is 12.1. The molecule has 0 radical (unpaired) electrons. The smallest absolute Gasteiger partial charge is 0.485 e. The number of nitrogens with one attached hydrogen (secondary N) is 1. The van der Waals surface area contributed by atoms with Crippen LogP contribution in [0.15, 0.2) is 140 Å². The molecule has 232 valence electrons. The van der Waals surface area contributed by atoms with Crippen molar-refractivity contribution in [3.05, 3.63) is 167 Å². The third-order valence-electron chi connectivity index (χ3n) is 6.99. The van der Waals surface area contributed by atoms with Crippen LogP contribution in [0.4, 0.5) is 0 Å². The number of aliphatic hydroxyl groups is 1. The molecule has 0 saturated carbocycles. The zero-order chi connectivity index (χ0) is 31.2. The number of hydrogen-bond acceptors (Lipinski definition) is 7. The van der Waals surface area contributed by atoms with Gasteiger partial charge in [-0.25, -0.2) is 4.57 Å². The van der Waals surface area contributed by atoms with Gasteiger partial charge in [0.2, 0.25) is 0 Å². The SMILES string of the molecule is O=P(OCc1ccccc1)(OCc1ccccc1)Oc1ccc(CCNC(O)Cc2ccccc2)cc1OCc1ccccc1. The predicted molar refractivity (Wildman–Crippen MR) is 176 cm³/mol. The molecule has 0 bridgehead atoms. The van der Waals surface area contributed by atoms with Gasteiger partial charge in [-0.3, -0.25) is 14.4 Å². The monoisotopic (exact) mass is 623 g/mol. The Hall–Kier alpha value is -4.23. The molecule has 5 rings (SSSR count). The third-order valence-corrected chi connectivity index (χ3v) is 8.30. The molecule has 0 amide bonds. The Morgan fingerprint density at radius 3 is 1.60 bits per heavy atom. The molecule has 2 N–H and O–H groups in total. The molecule has 8 heteroatoms. The molecule has 45 heavy (non-hydrogen) atoms. The minimum absolute atomic E-state index is 0.0438. The maximum absolute atomic E-state index is 14.1. The fraction of sp³-hybridized carbons (Fsp3) is 0.189. The Balaban J connectivity index is 1.31. The van der Waals surface area contributed by atoms with Crippen LogP contribution in [-0.2, 0) is 46.3 Å². The lowest BCUT2D eigenvalue weighted by molar-refractivity contribution is 0.138. The van der Waals surface area contributed by atoms with E-state index >= 15 is 0 Å². The van der Waals surface area contributed by atoms with E-state index in [2.05, 4.69) is 5.32 Å². The molecule has 1 unspecified atom stereocenters. The minimum Gasteiger partial charge on any atom is -0.485 e. The Morgan fingerprint density at radius 1 is 0.578 bits per heavy atom. The van der Waals surface area contributed by atoms with Gasteiger partial charge < -0.3 is 14.4 Å². The molecule has 0 aliphatic rings. The molecule has 0 spiro atoms. The molecule has 5 aromatic carbocycles. The van der Waals surface area contributed by atoms with Gasteiger partial charge in [-0.1, -0.05) is 127 Å². The van der Waals surface area contributed by atoms with E-state index in [1.807, 2.05) is 133 Å². The topological polar surface area (TPSA) is 86.3 Å². The van der Waals surface area contributed by atoms with Gasteiger partial charge in [-0.05, 0) is 46.4 Å². The van der Waals surface area contributed by atoms with Crippen LogP contribution in [0.1, 0.15) is 27.8 Å². The summed E-state index contributed by atoms with van der Waals surface area (Å²) in [6, 6.07) is 44.0. The molecule has 0 heterocycles. The van der Waals surface area contributed by atoms with Crippen LogP contribution in [0.25, 0.3) is 0 Å².